The number of benzene rings is 1. The van der Waals surface area contributed by atoms with Gasteiger partial charge in [-0.05, 0) is 23.8 Å². The van der Waals surface area contributed by atoms with Gasteiger partial charge in [0.1, 0.15) is 5.75 Å². The lowest BCUT2D eigenvalue weighted by atomic mass is 10.2. The average molecular weight is 253 g/mol. The molecule has 0 atom stereocenters. The van der Waals surface area contributed by atoms with E-state index in [4.69, 9.17) is 11.6 Å². The summed E-state index contributed by atoms with van der Waals surface area (Å²) in [7, 11) is 0. The van der Waals surface area contributed by atoms with Crippen LogP contribution in [-0.2, 0) is 5.88 Å². The van der Waals surface area contributed by atoms with E-state index in [0.717, 1.165) is 10.0 Å². The van der Waals surface area contributed by atoms with Crippen LogP contribution in [0.3, 0.4) is 0 Å². The van der Waals surface area contributed by atoms with Gasteiger partial charge in [-0.25, -0.2) is 4.39 Å². The van der Waals surface area contributed by atoms with Gasteiger partial charge >= 0.3 is 0 Å². The highest BCUT2D eigenvalue weighted by Crippen LogP contribution is 2.22. The van der Waals surface area contributed by atoms with Crippen LogP contribution in [0.2, 0.25) is 0 Å². The summed E-state index contributed by atoms with van der Waals surface area (Å²) in [5.74, 6) is 0.879. The van der Waals surface area contributed by atoms with E-state index in [9.17, 15) is 4.39 Å². The van der Waals surface area contributed by atoms with Gasteiger partial charge in [0.2, 0.25) is 6.86 Å². The van der Waals surface area contributed by atoms with Crippen molar-refractivity contribution < 1.29 is 9.13 Å². The molecule has 0 spiro atoms. The summed E-state index contributed by atoms with van der Waals surface area (Å²) in [6.45, 7) is -0.821. The van der Waals surface area contributed by atoms with Gasteiger partial charge in [-0.2, -0.15) is 0 Å². The van der Waals surface area contributed by atoms with Crippen molar-refractivity contribution in [1.82, 2.24) is 0 Å². The van der Waals surface area contributed by atoms with Crippen LogP contribution in [0.25, 0.3) is 0 Å². The standard InChI is InChI=1S/C8H7BrClFO/c9-7-1-6(4-10)2-8(3-7)12-5-11/h1-3H,4-5H2. The van der Waals surface area contributed by atoms with Crippen molar-refractivity contribution in [2.75, 3.05) is 6.86 Å². The maximum absolute atomic E-state index is 11.8. The average Bonchev–Trinajstić information content (AvgIpc) is 2.04. The fourth-order valence-corrected chi connectivity index (χ4v) is 1.52. The van der Waals surface area contributed by atoms with Gasteiger partial charge in [0.15, 0.2) is 0 Å². The van der Waals surface area contributed by atoms with Crippen LogP contribution in [0.15, 0.2) is 22.7 Å². The van der Waals surface area contributed by atoms with E-state index in [1.165, 1.54) is 0 Å². The normalized spacial score (nSPS) is 9.92. The predicted octanol–water partition coefficient (Wildman–Crippen LogP) is 3.49. The number of ether oxygens (including phenoxy) is 1. The molecule has 66 valence electrons. The topological polar surface area (TPSA) is 9.23 Å². The Morgan fingerprint density at radius 2 is 2.17 bits per heavy atom. The van der Waals surface area contributed by atoms with Gasteiger partial charge in [-0.1, -0.05) is 15.9 Å². The van der Waals surface area contributed by atoms with E-state index in [2.05, 4.69) is 20.7 Å². The minimum Gasteiger partial charge on any atom is -0.463 e. The van der Waals surface area contributed by atoms with E-state index in [-0.39, 0.29) is 0 Å². The summed E-state index contributed by atoms with van der Waals surface area (Å²) < 4.78 is 17.3. The third kappa shape index (κ3) is 2.64. The molecule has 0 aliphatic heterocycles. The molecule has 0 aliphatic rings. The van der Waals surface area contributed by atoms with Crippen LogP contribution in [0.5, 0.6) is 5.75 Å². The third-order valence-corrected chi connectivity index (χ3v) is 2.07. The molecular weight excluding hydrogens is 246 g/mol. The summed E-state index contributed by atoms with van der Waals surface area (Å²) in [4.78, 5) is 0. The van der Waals surface area contributed by atoms with Crippen molar-refractivity contribution in [2.24, 2.45) is 0 Å². The monoisotopic (exact) mass is 252 g/mol. The Labute approximate surface area is 83.6 Å². The molecule has 12 heavy (non-hydrogen) atoms. The molecule has 0 unspecified atom stereocenters. The van der Waals surface area contributed by atoms with E-state index < -0.39 is 6.86 Å². The molecule has 0 saturated heterocycles. The van der Waals surface area contributed by atoms with Crippen LogP contribution in [-0.4, -0.2) is 6.86 Å². The van der Waals surface area contributed by atoms with Crippen molar-refractivity contribution in [1.29, 1.82) is 0 Å². The Balaban J connectivity index is 2.90. The van der Waals surface area contributed by atoms with Crippen molar-refractivity contribution in [2.45, 2.75) is 5.88 Å². The summed E-state index contributed by atoms with van der Waals surface area (Å²) in [6.07, 6.45) is 0. The smallest absolute Gasteiger partial charge is 0.228 e. The second-order valence-corrected chi connectivity index (χ2v) is 3.37. The molecule has 0 saturated carbocycles. The zero-order valence-electron chi connectivity index (χ0n) is 6.19. The molecule has 1 aromatic rings. The number of rotatable bonds is 3. The van der Waals surface area contributed by atoms with Gasteiger partial charge in [0.25, 0.3) is 0 Å². The van der Waals surface area contributed by atoms with Crippen LogP contribution < -0.4 is 4.74 Å². The second-order valence-electron chi connectivity index (χ2n) is 2.18. The van der Waals surface area contributed by atoms with Crippen molar-refractivity contribution in [3.63, 3.8) is 0 Å². The molecule has 4 heteroatoms. The van der Waals surface area contributed by atoms with Crippen molar-refractivity contribution >= 4 is 27.5 Å². The summed E-state index contributed by atoms with van der Waals surface area (Å²) in [5, 5.41) is 0. The highest BCUT2D eigenvalue weighted by molar-refractivity contribution is 9.10. The molecule has 0 bridgehead atoms. The molecule has 0 N–H and O–H groups in total. The van der Waals surface area contributed by atoms with Crippen molar-refractivity contribution in [3.8, 4) is 5.75 Å². The van der Waals surface area contributed by atoms with Crippen LogP contribution in [0.1, 0.15) is 5.56 Å². The van der Waals surface area contributed by atoms with E-state index >= 15 is 0 Å². The number of hydrogen-bond donors (Lipinski definition) is 0. The zero-order valence-corrected chi connectivity index (χ0v) is 8.53. The predicted molar refractivity (Wildman–Crippen MR) is 50.3 cm³/mol. The van der Waals surface area contributed by atoms with Gasteiger partial charge in [0.05, 0.1) is 0 Å². The summed E-state index contributed by atoms with van der Waals surface area (Å²) >= 11 is 8.86. The summed E-state index contributed by atoms with van der Waals surface area (Å²) in [5.41, 5.74) is 0.898. The molecule has 1 rings (SSSR count). The number of halogens is 3. The SMILES string of the molecule is FCOc1cc(Br)cc(CCl)c1. The quantitative estimate of drug-likeness (QED) is 0.749. The Morgan fingerprint density at radius 1 is 1.42 bits per heavy atom. The lowest BCUT2D eigenvalue weighted by Crippen LogP contribution is -1.91. The minimum atomic E-state index is -0.821. The first-order valence-corrected chi connectivity index (χ1v) is 4.63. The third-order valence-electron chi connectivity index (χ3n) is 1.31. The largest absolute Gasteiger partial charge is 0.463 e. The molecule has 0 radical (unpaired) electrons. The molecule has 0 heterocycles. The van der Waals surface area contributed by atoms with Gasteiger partial charge < -0.3 is 4.74 Å². The van der Waals surface area contributed by atoms with Crippen LogP contribution >= 0.6 is 27.5 Å². The number of alkyl halides is 2. The fraction of sp³-hybridized carbons (Fsp3) is 0.250. The zero-order chi connectivity index (χ0) is 8.97. The first-order chi connectivity index (χ1) is 5.76. The Kier molecular flexibility index (Phi) is 3.82. The minimum absolute atomic E-state index is 0.391. The molecule has 0 aliphatic carbocycles. The molecule has 0 aromatic heterocycles. The maximum atomic E-state index is 11.8. The molecular formula is C8H7BrClFO. The Bertz CT molecular complexity index is 267. The van der Waals surface area contributed by atoms with Crippen LogP contribution in [0.4, 0.5) is 4.39 Å². The molecule has 1 nitrogen and oxygen atoms in total. The molecule has 0 fully saturated rings. The van der Waals surface area contributed by atoms with E-state index in [1.54, 1.807) is 12.1 Å². The molecule has 1 aromatic carbocycles. The highest BCUT2D eigenvalue weighted by atomic mass is 79.9. The van der Waals surface area contributed by atoms with Crippen molar-refractivity contribution in [3.05, 3.63) is 28.2 Å². The first-order valence-electron chi connectivity index (χ1n) is 3.30. The van der Waals surface area contributed by atoms with E-state index in [0.29, 0.717) is 11.6 Å². The Hall–Kier alpha value is -0.280. The number of hydrogen-bond acceptors (Lipinski definition) is 1. The first kappa shape index (κ1) is 9.81. The van der Waals surface area contributed by atoms with Gasteiger partial charge in [0, 0.05) is 10.4 Å². The second kappa shape index (κ2) is 4.67. The van der Waals surface area contributed by atoms with Crippen LogP contribution in [0, 0.1) is 0 Å². The maximum Gasteiger partial charge on any atom is 0.228 e. The fourth-order valence-electron chi connectivity index (χ4n) is 0.844. The lowest BCUT2D eigenvalue weighted by Gasteiger charge is -2.03. The lowest BCUT2D eigenvalue weighted by molar-refractivity contribution is 0.191. The summed E-state index contributed by atoms with van der Waals surface area (Å²) in [6, 6.07) is 5.26. The molecule has 0 amide bonds. The van der Waals surface area contributed by atoms with Gasteiger partial charge in [-0.15, -0.1) is 11.6 Å². The van der Waals surface area contributed by atoms with E-state index in [1.807, 2.05) is 6.07 Å². The Morgan fingerprint density at radius 3 is 2.75 bits per heavy atom. The highest BCUT2D eigenvalue weighted by Gasteiger charge is 1.98. The van der Waals surface area contributed by atoms with Gasteiger partial charge in [-0.3, -0.25) is 0 Å².